The minimum atomic E-state index is -3.83. The summed E-state index contributed by atoms with van der Waals surface area (Å²) in [5, 5.41) is 26.2. The molecule has 0 amide bonds. The molecule has 2 atom stereocenters. The Morgan fingerprint density at radius 2 is 1.83 bits per heavy atom. The maximum Gasteiger partial charge on any atom is 0.308 e. The second-order valence-corrected chi connectivity index (χ2v) is 5.92. The average molecular weight is 276 g/mol. The summed E-state index contributed by atoms with van der Waals surface area (Å²) in [4.78, 5) is 21.8. The van der Waals surface area contributed by atoms with E-state index in [0.717, 1.165) is 4.31 Å². The molecule has 18 heavy (non-hydrogen) atoms. The molecule has 0 aromatic heterocycles. The van der Waals surface area contributed by atoms with E-state index in [9.17, 15) is 18.0 Å². The monoisotopic (exact) mass is 276 g/mol. The standard InChI is InChI=1S/C9H12N2O6S/c10-2-4-18(16,17)11-3-1-6(8(12)13)7(5-11)9(14)15/h6-7H,1,3-5H2,(H,12,13)(H,14,15). The number of nitriles is 1. The molecule has 0 bridgehead atoms. The maximum atomic E-state index is 11.6. The van der Waals surface area contributed by atoms with E-state index in [1.807, 2.05) is 0 Å². The minimum absolute atomic E-state index is 0.0725. The van der Waals surface area contributed by atoms with Crippen molar-refractivity contribution in [2.45, 2.75) is 6.42 Å². The van der Waals surface area contributed by atoms with E-state index in [1.54, 1.807) is 0 Å². The smallest absolute Gasteiger partial charge is 0.308 e. The second-order valence-electron chi connectivity index (χ2n) is 3.95. The van der Waals surface area contributed by atoms with Crippen LogP contribution in [0.4, 0.5) is 0 Å². The summed E-state index contributed by atoms with van der Waals surface area (Å²) in [5.41, 5.74) is 0. The summed E-state index contributed by atoms with van der Waals surface area (Å²) in [6, 6.07) is 1.49. The zero-order chi connectivity index (χ0) is 13.9. The van der Waals surface area contributed by atoms with Crippen LogP contribution in [0.25, 0.3) is 0 Å². The third-order valence-electron chi connectivity index (χ3n) is 2.85. The van der Waals surface area contributed by atoms with Crippen molar-refractivity contribution in [1.82, 2.24) is 4.31 Å². The summed E-state index contributed by atoms with van der Waals surface area (Å²) in [7, 11) is -3.83. The van der Waals surface area contributed by atoms with Crippen LogP contribution in [0.3, 0.4) is 0 Å². The number of piperidine rings is 1. The fourth-order valence-electron chi connectivity index (χ4n) is 1.89. The SMILES string of the molecule is N#CCS(=O)(=O)N1CCC(C(=O)O)C(C(=O)O)C1. The zero-order valence-electron chi connectivity index (χ0n) is 9.31. The molecular weight excluding hydrogens is 264 g/mol. The van der Waals surface area contributed by atoms with Gasteiger partial charge >= 0.3 is 11.9 Å². The third kappa shape index (κ3) is 2.96. The molecule has 8 nitrogen and oxygen atoms in total. The van der Waals surface area contributed by atoms with E-state index >= 15 is 0 Å². The fraction of sp³-hybridized carbons (Fsp3) is 0.667. The lowest BCUT2D eigenvalue weighted by molar-refractivity contribution is -0.156. The van der Waals surface area contributed by atoms with Crippen molar-refractivity contribution in [2.75, 3.05) is 18.8 Å². The highest BCUT2D eigenvalue weighted by Crippen LogP contribution is 2.26. The molecule has 100 valence electrons. The Balaban J connectivity index is 2.91. The van der Waals surface area contributed by atoms with Crippen LogP contribution in [0.1, 0.15) is 6.42 Å². The summed E-state index contributed by atoms with van der Waals surface area (Å²) >= 11 is 0. The van der Waals surface area contributed by atoms with Gasteiger partial charge in [0.05, 0.1) is 17.9 Å². The van der Waals surface area contributed by atoms with Crippen LogP contribution in [0.5, 0.6) is 0 Å². The predicted octanol–water partition coefficient (Wildman–Crippen LogP) is -1.05. The van der Waals surface area contributed by atoms with Crippen molar-refractivity contribution in [2.24, 2.45) is 11.8 Å². The van der Waals surface area contributed by atoms with Gasteiger partial charge < -0.3 is 10.2 Å². The summed E-state index contributed by atoms with van der Waals surface area (Å²) in [5.74, 6) is -5.73. The highest BCUT2D eigenvalue weighted by atomic mass is 32.2. The van der Waals surface area contributed by atoms with Gasteiger partial charge in [0, 0.05) is 13.1 Å². The number of hydrogen-bond acceptors (Lipinski definition) is 5. The Kier molecular flexibility index (Phi) is 4.26. The van der Waals surface area contributed by atoms with Gasteiger partial charge in [-0.3, -0.25) is 9.59 Å². The highest BCUT2D eigenvalue weighted by molar-refractivity contribution is 7.89. The molecule has 0 radical (unpaired) electrons. The van der Waals surface area contributed by atoms with Crippen LogP contribution < -0.4 is 0 Å². The van der Waals surface area contributed by atoms with E-state index in [4.69, 9.17) is 15.5 Å². The first-order valence-corrected chi connectivity index (χ1v) is 6.71. The molecule has 0 aromatic carbocycles. The van der Waals surface area contributed by atoms with Crippen molar-refractivity contribution in [3.8, 4) is 6.07 Å². The summed E-state index contributed by atoms with van der Waals surface area (Å²) in [6.45, 7) is -0.485. The number of sulfonamides is 1. The number of carbonyl (C=O) groups is 2. The van der Waals surface area contributed by atoms with E-state index in [2.05, 4.69) is 0 Å². The van der Waals surface area contributed by atoms with Crippen LogP contribution >= 0.6 is 0 Å². The van der Waals surface area contributed by atoms with Crippen LogP contribution in [0.2, 0.25) is 0 Å². The normalized spacial score (nSPS) is 25.3. The van der Waals surface area contributed by atoms with Crippen LogP contribution in [0.15, 0.2) is 0 Å². The molecule has 0 spiro atoms. The molecule has 1 heterocycles. The van der Waals surface area contributed by atoms with Crippen molar-refractivity contribution in [1.29, 1.82) is 5.26 Å². The lowest BCUT2D eigenvalue weighted by Crippen LogP contribution is -2.49. The topological polar surface area (TPSA) is 136 Å². The van der Waals surface area contributed by atoms with E-state index in [1.165, 1.54) is 6.07 Å². The second kappa shape index (κ2) is 5.32. The number of nitrogens with zero attached hydrogens (tertiary/aromatic N) is 2. The molecule has 1 fully saturated rings. The first-order valence-electron chi connectivity index (χ1n) is 5.10. The predicted molar refractivity (Wildman–Crippen MR) is 57.8 cm³/mol. The number of carboxylic acids is 2. The number of carboxylic acid groups (broad SMARTS) is 2. The average Bonchev–Trinajstić information content (AvgIpc) is 2.27. The van der Waals surface area contributed by atoms with Gasteiger partial charge in [-0.15, -0.1) is 0 Å². The van der Waals surface area contributed by atoms with Crippen LogP contribution in [0, 0.1) is 23.2 Å². The maximum absolute atomic E-state index is 11.6. The van der Waals surface area contributed by atoms with Crippen LogP contribution in [-0.2, 0) is 19.6 Å². The Hall–Kier alpha value is -1.66. The molecule has 0 aromatic rings. The number of aliphatic carboxylic acids is 2. The molecule has 2 N–H and O–H groups in total. The third-order valence-corrected chi connectivity index (χ3v) is 4.46. The van der Waals surface area contributed by atoms with E-state index < -0.39 is 46.1 Å². The zero-order valence-corrected chi connectivity index (χ0v) is 10.1. The first kappa shape index (κ1) is 14.4. The van der Waals surface area contributed by atoms with Gasteiger partial charge in [0.15, 0.2) is 5.75 Å². The molecule has 2 unspecified atom stereocenters. The van der Waals surface area contributed by atoms with Crippen molar-refractivity contribution in [3.05, 3.63) is 0 Å². The minimum Gasteiger partial charge on any atom is -0.481 e. The Labute approximate surface area is 103 Å². The van der Waals surface area contributed by atoms with Gasteiger partial charge in [-0.1, -0.05) is 0 Å². The molecular formula is C9H12N2O6S. The molecule has 1 rings (SSSR count). The van der Waals surface area contributed by atoms with Gasteiger partial charge in [0.2, 0.25) is 10.0 Å². The summed E-state index contributed by atoms with van der Waals surface area (Å²) < 4.78 is 24.1. The lowest BCUT2D eigenvalue weighted by atomic mass is 9.86. The molecule has 1 aliphatic heterocycles. The van der Waals surface area contributed by atoms with Gasteiger partial charge in [-0.25, -0.2) is 12.7 Å². The Morgan fingerprint density at radius 1 is 1.28 bits per heavy atom. The molecule has 0 saturated carbocycles. The number of hydrogen-bond donors (Lipinski definition) is 2. The number of rotatable bonds is 4. The molecule has 0 aliphatic carbocycles. The fourth-order valence-corrected chi connectivity index (χ4v) is 3.01. The van der Waals surface area contributed by atoms with Crippen LogP contribution in [-0.4, -0.2) is 53.7 Å². The Morgan fingerprint density at radius 3 is 2.28 bits per heavy atom. The summed E-state index contributed by atoms with van der Waals surface area (Å²) in [6.07, 6.45) is -0.0725. The van der Waals surface area contributed by atoms with Gasteiger partial charge in [0.25, 0.3) is 0 Å². The quantitative estimate of drug-likeness (QED) is 0.668. The van der Waals surface area contributed by atoms with Crippen molar-refractivity contribution in [3.63, 3.8) is 0 Å². The lowest BCUT2D eigenvalue weighted by Gasteiger charge is -2.33. The van der Waals surface area contributed by atoms with Crippen molar-refractivity contribution < 1.29 is 28.2 Å². The molecule has 1 aliphatic rings. The van der Waals surface area contributed by atoms with E-state index in [0.29, 0.717) is 0 Å². The Bertz CT molecular complexity index is 494. The molecule has 9 heteroatoms. The highest BCUT2D eigenvalue weighted by Gasteiger charge is 2.41. The van der Waals surface area contributed by atoms with E-state index in [-0.39, 0.29) is 13.0 Å². The van der Waals surface area contributed by atoms with Gasteiger partial charge in [-0.05, 0) is 6.42 Å². The van der Waals surface area contributed by atoms with Gasteiger partial charge in [-0.2, -0.15) is 5.26 Å². The van der Waals surface area contributed by atoms with Gasteiger partial charge in [0.1, 0.15) is 0 Å². The van der Waals surface area contributed by atoms with Crippen molar-refractivity contribution >= 4 is 22.0 Å². The molecule has 1 saturated heterocycles. The largest absolute Gasteiger partial charge is 0.481 e. The first-order chi connectivity index (χ1) is 8.29.